The van der Waals surface area contributed by atoms with Gasteiger partial charge in [0.2, 0.25) is 0 Å². The molecule has 8 heteroatoms. The number of benzene rings is 2. The van der Waals surface area contributed by atoms with Gasteiger partial charge in [0.15, 0.2) is 0 Å². The minimum Gasteiger partial charge on any atom is -0.480 e. The first-order valence-electron chi connectivity index (χ1n) is 9.47. The summed E-state index contributed by atoms with van der Waals surface area (Å²) < 4.78 is 0. The number of imidazole rings is 2. The SMILES string of the molecule is CSCC[C@@H](C(=O)O)N(Cc1nc2ccccc2[nH]1)Cc1nc2ccccc2[nH]1. The quantitative estimate of drug-likeness (QED) is 0.390. The van der Waals surface area contributed by atoms with Crippen molar-refractivity contribution in [3.05, 3.63) is 60.2 Å². The Morgan fingerprint density at radius 3 is 1.97 bits per heavy atom. The molecule has 0 saturated heterocycles. The molecule has 150 valence electrons. The third-order valence-electron chi connectivity index (χ3n) is 4.90. The van der Waals surface area contributed by atoms with E-state index in [1.165, 1.54) is 0 Å². The molecule has 0 saturated carbocycles. The van der Waals surface area contributed by atoms with E-state index in [1.54, 1.807) is 11.8 Å². The molecule has 0 bridgehead atoms. The summed E-state index contributed by atoms with van der Waals surface area (Å²) in [6.07, 6.45) is 2.54. The summed E-state index contributed by atoms with van der Waals surface area (Å²) in [5.74, 6) is 1.44. The Bertz CT molecular complexity index is 980. The summed E-state index contributed by atoms with van der Waals surface area (Å²) in [4.78, 5) is 29.9. The molecule has 0 spiro atoms. The molecule has 7 nitrogen and oxygen atoms in total. The monoisotopic (exact) mass is 409 g/mol. The lowest BCUT2D eigenvalue weighted by Gasteiger charge is -2.27. The molecule has 0 fully saturated rings. The van der Waals surface area contributed by atoms with Gasteiger partial charge in [-0.05, 0) is 42.7 Å². The lowest BCUT2D eigenvalue weighted by Crippen LogP contribution is -2.41. The highest BCUT2D eigenvalue weighted by molar-refractivity contribution is 7.98. The van der Waals surface area contributed by atoms with Crippen molar-refractivity contribution in [3.8, 4) is 0 Å². The van der Waals surface area contributed by atoms with Gasteiger partial charge in [-0.25, -0.2) is 9.97 Å². The van der Waals surface area contributed by atoms with Crippen molar-refractivity contribution in [2.24, 2.45) is 0 Å². The molecular formula is C21H23N5O2S. The van der Waals surface area contributed by atoms with Gasteiger partial charge in [-0.15, -0.1) is 0 Å². The van der Waals surface area contributed by atoms with Crippen LogP contribution in [0.1, 0.15) is 18.1 Å². The van der Waals surface area contributed by atoms with Crippen LogP contribution in [-0.2, 0) is 17.9 Å². The molecule has 0 aliphatic heterocycles. The number of hydrogen-bond acceptors (Lipinski definition) is 5. The smallest absolute Gasteiger partial charge is 0.320 e. The number of aliphatic carboxylic acids is 1. The first kappa shape index (κ1) is 19.5. The maximum absolute atomic E-state index is 12.1. The van der Waals surface area contributed by atoms with Crippen LogP contribution in [0.2, 0.25) is 0 Å². The molecule has 2 aromatic carbocycles. The Kier molecular flexibility index (Phi) is 5.82. The van der Waals surface area contributed by atoms with Crippen LogP contribution in [0.15, 0.2) is 48.5 Å². The van der Waals surface area contributed by atoms with E-state index in [4.69, 9.17) is 0 Å². The molecule has 2 heterocycles. The van der Waals surface area contributed by atoms with E-state index in [9.17, 15) is 9.90 Å². The third kappa shape index (κ3) is 4.44. The second kappa shape index (κ2) is 8.67. The lowest BCUT2D eigenvalue weighted by atomic mass is 10.2. The van der Waals surface area contributed by atoms with Crippen LogP contribution < -0.4 is 0 Å². The summed E-state index contributed by atoms with van der Waals surface area (Å²) >= 11 is 1.65. The van der Waals surface area contributed by atoms with Gasteiger partial charge in [0.25, 0.3) is 0 Å². The fraction of sp³-hybridized carbons (Fsp3) is 0.286. The van der Waals surface area contributed by atoms with E-state index < -0.39 is 12.0 Å². The van der Waals surface area contributed by atoms with Crippen LogP contribution in [0.25, 0.3) is 22.1 Å². The van der Waals surface area contributed by atoms with Gasteiger partial charge < -0.3 is 15.1 Å². The van der Waals surface area contributed by atoms with Crippen molar-refractivity contribution < 1.29 is 9.90 Å². The highest BCUT2D eigenvalue weighted by Crippen LogP contribution is 2.19. The average Bonchev–Trinajstić information content (AvgIpc) is 3.30. The molecule has 0 radical (unpaired) electrons. The van der Waals surface area contributed by atoms with Gasteiger partial charge >= 0.3 is 5.97 Å². The number of nitrogens with zero attached hydrogens (tertiary/aromatic N) is 3. The number of aromatic nitrogens is 4. The molecule has 0 aliphatic rings. The summed E-state index contributed by atoms with van der Waals surface area (Å²) in [5, 5.41) is 9.89. The average molecular weight is 410 g/mol. The summed E-state index contributed by atoms with van der Waals surface area (Å²) in [7, 11) is 0. The predicted octanol–water partition coefficient (Wildman–Crippen LogP) is 3.65. The zero-order valence-electron chi connectivity index (χ0n) is 16.1. The molecule has 0 aliphatic carbocycles. The Hall–Kier alpha value is -2.84. The molecule has 2 aromatic heterocycles. The lowest BCUT2D eigenvalue weighted by molar-refractivity contribution is -0.144. The van der Waals surface area contributed by atoms with Crippen LogP contribution in [0.5, 0.6) is 0 Å². The molecule has 1 atom stereocenters. The number of fused-ring (bicyclic) bond motifs is 2. The van der Waals surface area contributed by atoms with Gasteiger partial charge in [0.1, 0.15) is 17.7 Å². The number of aromatic amines is 2. The molecular weight excluding hydrogens is 386 g/mol. The van der Waals surface area contributed by atoms with Crippen molar-refractivity contribution >= 4 is 39.8 Å². The van der Waals surface area contributed by atoms with Crippen LogP contribution in [0, 0.1) is 0 Å². The second-order valence-electron chi connectivity index (χ2n) is 6.94. The Labute approximate surface area is 172 Å². The Morgan fingerprint density at radius 1 is 1.00 bits per heavy atom. The highest BCUT2D eigenvalue weighted by Gasteiger charge is 2.27. The van der Waals surface area contributed by atoms with Crippen molar-refractivity contribution in [2.75, 3.05) is 12.0 Å². The summed E-state index contributed by atoms with van der Waals surface area (Å²) in [6, 6.07) is 15.0. The van der Waals surface area contributed by atoms with Crippen LogP contribution >= 0.6 is 11.8 Å². The van der Waals surface area contributed by atoms with Gasteiger partial charge in [0.05, 0.1) is 35.2 Å². The highest BCUT2D eigenvalue weighted by atomic mass is 32.2. The zero-order chi connectivity index (χ0) is 20.2. The minimum atomic E-state index is -0.828. The number of para-hydroxylation sites is 4. The maximum atomic E-state index is 12.1. The largest absolute Gasteiger partial charge is 0.480 e. The van der Waals surface area contributed by atoms with Crippen molar-refractivity contribution in [1.82, 2.24) is 24.8 Å². The topological polar surface area (TPSA) is 97.9 Å². The zero-order valence-corrected chi connectivity index (χ0v) is 16.9. The predicted molar refractivity (Wildman–Crippen MR) is 116 cm³/mol. The molecule has 0 amide bonds. The number of nitrogens with one attached hydrogen (secondary N) is 2. The van der Waals surface area contributed by atoms with Gasteiger partial charge in [0, 0.05) is 0 Å². The van der Waals surface area contributed by atoms with E-state index in [1.807, 2.05) is 59.7 Å². The van der Waals surface area contributed by atoms with Gasteiger partial charge in [-0.1, -0.05) is 24.3 Å². The number of carboxylic acids is 1. The van der Waals surface area contributed by atoms with E-state index in [0.29, 0.717) is 19.5 Å². The fourth-order valence-electron chi connectivity index (χ4n) is 3.51. The van der Waals surface area contributed by atoms with Crippen LogP contribution in [0.4, 0.5) is 0 Å². The fourth-order valence-corrected chi connectivity index (χ4v) is 3.97. The Morgan fingerprint density at radius 2 is 1.52 bits per heavy atom. The van der Waals surface area contributed by atoms with E-state index >= 15 is 0 Å². The van der Waals surface area contributed by atoms with Crippen LogP contribution in [-0.4, -0.2) is 54.0 Å². The van der Waals surface area contributed by atoms with Gasteiger partial charge in [-0.2, -0.15) is 11.8 Å². The van der Waals surface area contributed by atoms with Gasteiger partial charge in [-0.3, -0.25) is 9.69 Å². The summed E-state index contributed by atoms with van der Waals surface area (Å²) in [5.41, 5.74) is 3.65. The van der Waals surface area contributed by atoms with E-state index in [-0.39, 0.29) is 0 Å². The third-order valence-corrected chi connectivity index (χ3v) is 5.55. The number of thioether (sulfide) groups is 1. The number of rotatable bonds is 9. The second-order valence-corrected chi connectivity index (χ2v) is 7.93. The maximum Gasteiger partial charge on any atom is 0.320 e. The standard InChI is InChI=1S/C21H23N5O2S/c1-29-11-10-18(21(27)28)26(12-19-22-14-6-2-3-7-15(14)23-19)13-20-24-16-8-4-5-9-17(16)25-20/h2-9,18H,10-13H2,1H3,(H,22,23)(H,24,25)(H,27,28)/t18-/m0/s1. The van der Waals surface area contributed by atoms with E-state index in [2.05, 4.69) is 19.9 Å². The van der Waals surface area contributed by atoms with Crippen molar-refractivity contribution in [2.45, 2.75) is 25.6 Å². The Balaban J connectivity index is 1.64. The molecule has 4 aromatic rings. The molecule has 0 unspecified atom stereocenters. The first-order valence-corrected chi connectivity index (χ1v) is 10.9. The molecule has 3 N–H and O–H groups in total. The van der Waals surface area contributed by atoms with Crippen LogP contribution in [0.3, 0.4) is 0 Å². The number of carbonyl (C=O) groups is 1. The van der Waals surface area contributed by atoms with Crippen molar-refractivity contribution in [3.63, 3.8) is 0 Å². The summed E-state index contributed by atoms with van der Waals surface area (Å²) in [6.45, 7) is 0.800. The number of hydrogen-bond donors (Lipinski definition) is 3. The number of H-pyrrole nitrogens is 2. The first-order chi connectivity index (χ1) is 14.1. The minimum absolute atomic E-state index is 0.400. The normalized spacial score (nSPS) is 12.8. The molecule has 4 rings (SSSR count). The van der Waals surface area contributed by atoms with Crippen molar-refractivity contribution in [1.29, 1.82) is 0 Å². The molecule has 29 heavy (non-hydrogen) atoms. The number of carboxylic acid groups (broad SMARTS) is 1. The van der Waals surface area contributed by atoms with E-state index in [0.717, 1.165) is 39.5 Å².